The van der Waals surface area contributed by atoms with Crippen LogP contribution in [0, 0.1) is 6.92 Å². The van der Waals surface area contributed by atoms with Crippen LogP contribution in [0.25, 0.3) is 10.6 Å². The van der Waals surface area contributed by atoms with Crippen molar-refractivity contribution in [1.29, 1.82) is 0 Å². The number of rotatable bonds is 2. The van der Waals surface area contributed by atoms with E-state index in [9.17, 15) is 4.79 Å². The molecule has 0 fully saturated rings. The van der Waals surface area contributed by atoms with Crippen molar-refractivity contribution >= 4 is 17.1 Å². The van der Waals surface area contributed by atoms with Crippen LogP contribution in [0.5, 0.6) is 0 Å². The molecule has 0 N–H and O–H groups in total. The summed E-state index contributed by atoms with van der Waals surface area (Å²) in [6, 6.07) is 5.64. The van der Waals surface area contributed by atoms with E-state index in [2.05, 4.69) is 9.97 Å². The van der Waals surface area contributed by atoms with E-state index in [4.69, 9.17) is 0 Å². The second-order valence-electron chi connectivity index (χ2n) is 3.18. The highest BCUT2D eigenvalue weighted by molar-refractivity contribution is 7.15. The molecule has 0 aliphatic carbocycles. The molecule has 15 heavy (non-hydrogen) atoms. The Hall–Kier alpha value is -1.55. The highest BCUT2D eigenvalue weighted by atomic mass is 32.1. The summed E-state index contributed by atoms with van der Waals surface area (Å²) in [6.07, 6.45) is 1.72. The molecule has 76 valence electrons. The van der Waals surface area contributed by atoms with Crippen LogP contribution in [-0.2, 0) is 0 Å². The van der Waals surface area contributed by atoms with Crippen molar-refractivity contribution < 1.29 is 4.79 Å². The summed E-state index contributed by atoms with van der Waals surface area (Å²) < 4.78 is 0. The minimum absolute atomic E-state index is 0.0139. The third-order valence-corrected chi connectivity index (χ3v) is 2.96. The normalized spacial score (nSPS) is 10.3. The molecule has 0 amide bonds. The monoisotopic (exact) mass is 218 g/mol. The minimum atomic E-state index is -0.0139. The Morgan fingerprint density at radius 2 is 2.20 bits per heavy atom. The molecule has 3 nitrogen and oxygen atoms in total. The minimum Gasteiger partial charge on any atom is -0.293 e. The Labute approximate surface area is 91.8 Å². The molecule has 0 bridgehead atoms. The number of carbonyl (C=O) groups is 1. The van der Waals surface area contributed by atoms with Gasteiger partial charge in [0.05, 0.1) is 15.6 Å². The van der Waals surface area contributed by atoms with Gasteiger partial charge < -0.3 is 0 Å². The molecule has 0 unspecified atom stereocenters. The molecule has 4 heteroatoms. The van der Waals surface area contributed by atoms with Crippen molar-refractivity contribution in [1.82, 2.24) is 9.97 Å². The molecule has 0 aliphatic heterocycles. The van der Waals surface area contributed by atoms with Gasteiger partial charge in [0.1, 0.15) is 5.69 Å². The summed E-state index contributed by atoms with van der Waals surface area (Å²) in [5.41, 5.74) is 1.34. The molecule has 2 aromatic rings. The van der Waals surface area contributed by atoms with Crippen LogP contribution in [0.15, 0.2) is 24.4 Å². The van der Waals surface area contributed by atoms with Gasteiger partial charge in [-0.15, -0.1) is 11.3 Å². The summed E-state index contributed by atoms with van der Waals surface area (Å²) in [4.78, 5) is 20.7. The van der Waals surface area contributed by atoms with Crippen molar-refractivity contribution in [2.24, 2.45) is 0 Å². The van der Waals surface area contributed by atoms with E-state index in [-0.39, 0.29) is 5.78 Å². The average Bonchev–Trinajstić information content (AvgIpc) is 2.62. The first kappa shape index (κ1) is 9.98. The van der Waals surface area contributed by atoms with E-state index < -0.39 is 0 Å². The Morgan fingerprint density at radius 1 is 1.40 bits per heavy atom. The van der Waals surface area contributed by atoms with E-state index in [0.717, 1.165) is 15.6 Å². The van der Waals surface area contributed by atoms with E-state index in [1.54, 1.807) is 6.20 Å². The molecule has 0 radical (unpaired) electrons. The molecular weight excluding hydrogens is 208 g/mol. The molecular formula is C11H10N2OS. The van der Waals surface area contributed by atoms with Gasteiger partial charge in [0.2, 0.25) is 0 Å². The Morgan fingerprint density at radius 3 is 2.80 bits per heavy atom. The van der Waals surface area contributed by atoms with Crippen LogP contribution in [0.1, 0.15) is 22.4 Å². The SMILES string of the molecule is CC(=O)c1nc(C)sc1-c1ccccn1. The van der Waals surface area contributed by atoms with E-state index >= 15 is 0 Å². The topological polar surface area (TPSA) is 42.9 Å². The highest BCUT2D eigenvalue weighted by Gasteiger charge is 2.15. The number of nitrogens with zero attached hydrogens (tertiary/aromatic N) is 2. The molecule has 2 aromatic heterocycles. The zero-order valence-corrected chi connectivity index (χ0v) is 9.34. The number of hydrogen-bond donors (Lipinski definition) is 0. The third-order valence-electron chi connectivity index (χ3n) is 1.97. The van der Waals surface area contributed by atoms with E-state index in [1.165, 1.54) is 18.3 Å². The van der Waals surface area contributed by atoms with Crippen LogP contribution in [0.3, 0.4) is 0 Å². The number of thiazole rings is 1. The molecule has 0 saturated carbocycles. The van der Waals surface area contributed by atoms with Crippen molar-refractivity contribution in [2.75, 3.05) is 0 Å². The predicted octanol–water partition coefficient (Wildman–Crippen LogP) is 2.72. The fourth-order valence-corrected chi connectivity index (χ4v) is 2.28. The number of Topliss-reactive ketones (excluding diaryl/α,β-unsaturated/α-hetero) is 1. The van der Waals surface area contributed by atoms with Gasteiger partial charge in [-0.1, -0.05) is 6.07 Å². The number of aromatic nitrogens is 2. The zero-order chi connectivity index (χ0) is 10.8. The fourth-order valence-electron chi connectivity index (χ4n) is 1.34. The average molecular weight is 218 g/mol. The van der Waals surface area contributed by atoms with Gasteiger partial charge >= 0.3 is 0 Å². The summed E-state index contributed by atoms with van der Waals surface area (Å²) in [6.45, 7) is 3.42. The first-order chi connectivity index (χ1) is 7.18. The Bertz CT molecular complexity index is 491. The van der Waals surface area contributed by atoms with Crippen LogP contribution < -0.4 is 0 Å². The number of carbonyl (C=O) groups excluding carboxylic acids is 1. The lowest BCUT2D eigenvalue weighted by molar-refractivity contribution is 0.101. The maximum absolute atomic E-state index is 11.4. The second-order valence-corrected chi connectivity index (χ2v) is 4.38. The molecule has 0 aliphatic rings. The van der Waals surface area contributed by atoms with Gasteiger partial charge in [-0.3, -0.25) is 9.78 Å². The largest absolute Gasteiger partial charge is 0.293 e. The molecule has 0 aromatic carbocycles. The van der Waals surface area contributed by atoms with Gasteiger partial charge in [0.25, 0.3) is 0 Å². The third kappa shape index (κ3) is 1.94. The van der Waals surface area contributed by atoms with Crippen molar-refractivity contribution in [3.63, 3.8) is 0 Å². The first-order valence-corrected chi connectivity index (χ1v) is 5.40. The number of ketones is 1. The summed E-state index contributed by atoms with van der Waals surface area (Å²) >= 11 is 1.50. The molecule has 0 atom stereocenters. The predicted molar refractivity (Wildman–Crippen MR) is 60.1 cm³/mol. The van der Waals surface area contributed by atoms with E-state index in [1.807, 2.05) is 25.1 Å². The number of pyridine rings is 1. The lowest BCUT2D eigenvalue weighted by Crippen LogP contribution is -1.95. The van der Waals surface area contributed by atoms with Crippen LogP contribution in [0.2, 0.25) is 0 Å². The maximum Gasteiger partial charge on any atom is 0.179 e. The molecule has 2 heterocycles. The van der Waals surface area contributed by atoms with Crippen molar-refractivity contribution in [2.45, 2.75) is 13.8 Å². The van der Waals surface area contributed by atoms with Gasteiger partial charge in [0, 0.05) is 13.1 Å². The van der Waals surface area contributed by atoms with Crippen molar-refractivity contribution in [3.8, 4) is 10.6 Å². The smallest absolute Gasteiger partial charge is 0.179 e. The summed E-state index contributed by atoms with van der Waals surface area (Å²) in [5, 5.41) is 0.890. The van der Waals surface area contributed by atoms with Crippen LogP contribution >= 0.6 is 11.3 Å². The first-order valence-electron chi connectivity index (χ1n) is 4.58. The summed E-state index contributed by atoms with van der Waals surface area (Å²) in [5.74, 6) is -0.0139. The molecule has 0 spiro atoms. The fraction of sp³-hybridized carbons (Fsp3) is 0.182. The molecule has 0 saturated heterocycles. The summed E-state index contributed by atoms with van der Waals surface area (Å²) in [7, 11) is 0. The van der Waals surface area contributed by atoms with Gasteiger partial charge in [-0.2, -0.15) is 0 Å². The van der Waals surface area contributed by atoms with E-state index in [0.29, 0.717) is 5.69 Å². The highest BCUT2D eigenvalue weighted by Crippen LogP contribution is 2.28. The lowest BCUT2D eigenvalue weighted by Gasteiger charge is -1.96. The number of aryl methyl sites for hydroxylation is 1. The zero-order valence-electron chi connectivity index (χ0n) is 8.52. The quantitative estimate of drug-likeness (QED) is 0.728. The lowest BCUT2D eigenvalue weighted by atomic mass is 10.2. The van der Waals surface area contributed by atoms with Crippen molar-refractivity contribution in [3.05, 3.63) is 35.1 Å². The van der Waals surface area contributed by atoms with Gasteiger partial charge in [0.15, 0.2) is 5.78 Å². The Balaban J connectivity index is 2.58. The van der Waals surface area contributed by atoms with Crippen LogP contribution in [-0.4, -0.2) is 15.8 Å². The van der Waals surface area contributed by atoms with Crippen LogP contribution in [0.4, 0.5) is 0 Å². The Kier molecular flexibility index (Phi) is 2.60. The number of hydrogen-bond acceptors (Lipinski definition) is 4. The standard InChI is InChI=1S/C11H10N2OS/c1-7(14)10-11(15-8(2)13-10)9-5-3-4-6-12-9/h3-6H,1-2H3. The van der Waals surface area contributed by atoms with Gasteiger partial charge in [-0.05, 0) is 19.1 Å². The second kappa shape index (κ2) is 3.90. The molecule has 2 rings (SSSR count). The maximum atomic E-state index is 11.4. The van der Waals surface area contributed by atoms with Gasteiger partial charge in [-0.25, -0.2) is 4.98 Å².